The summed E-state index contributed by atoms with van der Waals surface area (Å²) < 4.78 is 50.8. The number of halogens is 4. The first-order valence-electron chi connectivity index (χ1n) is 6.96. The van der Waals surface area contributed by atoms with E-state index in [4.69, 9.17) is 15.2 Å². The van der Waals surface area contributed by atoms with Crippen LogP contribution in [-0.4, -0.2) is 37.9 Å². The fourth-order valence-electron chi connectivity index (χ4n) is 2.01. The summed E-state index contributed by atoms with van der Waals surface area (Å²) in [6.45, 7) is 3.34. The molecule has 6 nitrogen and oxygen atoms in total. The van der Waals surface area contributed by atoms with Crippen molar-refractivity contribution < 1.29 is 27.4 Å². The Morgan fingerprint density at radius 3 is 2.42 bits per heavy atom. The molecule has 1 aromatic carbocycles. The topological polar surface area (TPSA) is 78.1 Å². The third-order valence-corrected chi connectivity index (χ3v) is 3.11. The van der Waals surface area contributed by atoms with Gasteiger partial charge >= 0.3 is 6.36 Å². The predicted molar refractivity (Wildman–Crippen MR) is 93.6 cm³/mol. The van der Waals surface area contributed by atoms with Crippen molar-refractivity contribution >= 4 is 35.6 Å². The molecule has 0 atom stereocenters. The summed E-state index contributed by atoms with van der Waals surface area (Å²) in [5.74, 6) is -0.793. The van der Waals surface area contributed by atoms with Gasteiger partial charge in [0, 0.05) is 18.7 Å². The molecule has 0 aliphatic carbocycles. The third kappa shape index (κ3) is 7.09. The number of nitrogens with one attached hydrogen (secondary N) is 1. The normalized spacial score (nSPS) is 17.2. The second-order valence-electron chi connectivity index (χ2n) is 5.04. The molecule has 24 heavy (non-hydrogen) atoms. The van der Waals surface area contributed by atoms with Gasteiger partial charge in [-0.3, -0.25) is 4.99 Å². The van der Waals surface area contributed by atoms with Crippen LogP contribution in [0.4, 0.5) is 18.9 Å². The van der Waals surface area contributed by atoms with Gasteiger partial charge in [-0.25, -0.2) is 0 Å². The van der Waals surface area contributed by atoms with Crippen molar-refractivity contribution in [3.63, 3.8) is 0 Å². The molecule has 1 fully saturated rings. The third-order valence-electron chi connectivity index (χ3n) is 3.11. The van der Waals surface area contributed by atoms with E-state index in [0.717, 1.165) is 0 Å². The lowest BCUT2D eigenvalue weighted by Gasteiger charge is -2.20. The predicted octanol–water partition coefficient (Wildman–Crippen LogP) is 3.08. The molecule has 0 radical (unpaired) electrons. The van der Waals surface area contributed by atoms with Crippen LogP contribution in [0.15, 0.2) is 29.3 Å². The maximum Gasteiger partial charge on any atom is 0.573 e. The lowest BCUT2D eigenvalue weighted by atomic mass is 10.2. The summed E-state index contributed by atoms with van der Waals surface area (Å²) >= 11 is 0. The van der Waals surface area contributed by atoms with Crippen LogP contribution in [0, 0.1) is 0 Å². The monoisotopic (exact) mass is 461 g/mol. The lowest BCUT2D eigenvalue weighted by molar-refractivity contribution is -0.274. The molecular weight excluding hydrogens is 442 g/mol. The van der Waals surface area contributed by atoms with E-state index in [0.29, 0.717) is 31.9 Å². The van der Waals surface area contributed by atoms with Crippen LogP contribution < -0.4 is 15.8 Å². The number of rotatable bonds is 5. The van der Waals surface area contributed by atoms with Crippen LogP contribution in [0.2, 0.25) is 0 Å². The second-order valence-corrected chi connectivity index (χ2v) is 5.04. The Morgan fingerprint density at radius 1 is 1.29 bits per heavy atom. The molecule has 0 amide bonds. The summed E-state index contributed by atoms with van der Waals surface area (Å²) in [5, 5.41) is 2.78. The van der Waals surface area contributed by atoms with Gasteiger partial charge in [0.1, 0.15) is 5.75 Å². The summed E-state index contributed by atoms with van der Waals surface area (Å²) in [4.78, 5) is 4.12. The minimum absolute atomic E-state index is 0. The Hall–Kier alpha value is -1.27. The van der Waals surface area contributed by atoms with Gasteiger partial charge in [0.15, 0.2) is 11.7 Å². The average Bonchev–Trinajstić information content (AvgIpc) is 2.86. The van der Waals surface area contributed by atoms with Gasteiger partial charge in [-0.1, -0.05) is 0 Å². The van der Waals surface area contributed by atoms with E-state index in [1.54, 1.807) is 0 Å². The van der Waals surface area contributed by atoms with Crippen molar-refractivity contribution in [1.82, 2.24) is 0 Å². The standard InChI is InChI=1S/C14H18F3N3O3.HI/c1-13(21-8-9-22-13)6-7-19-12(18)20-10-2-4-11(5-3-10)23-14(15,16)17;/h2-5H,6-9H2,1H3,(H3,18,19,20);1H. The summed E-state index contributed by atoms with van der Waals surface area (Å²) in [6, 6.07) is 5.19. The molecule has 0 saturated carbocycles. The van der Waals surface area contributed by atoms with E-state index >= 15 is 0 Å². The molecule has 2 rings (SSSR count). The maximum atomic E-state index is 12.1. The van der Waals surface area contributed by atoms with Crippen molar-refractivity contribution in [3.05, 3.63) is 24.3 Å². The molecule has 0 aromatic heterocycles. The SMILES string of the molecule is CC1(CCN=C(N)Nc2ccc(OC(F)(F)F)cc2)OCCO1.I. The first-order valence-corrected chi connectivity index (χ1v) is 6.96. The molecular formula is C14H19F3IN3O3. The minimum atomic E-state index is -4.71. The van der Waals surface area contributed by atoms with Crippen molar-refractivity contribution in [2.45, 2.75) is 25.5 Å². The zero-order valence-electron chi connectivity index (χ0n) is 12.9. The number of hydrogen-bond acceptors (Lipinski definition) is 4. The molecule has 136 valence electrons. The molecule has 0 bridgehead atoms. The van der Waals surface area contributed by atoms with Gasteiger partial charge in [-0.05, 0) is 31.2 Å². The number of nitrogens with zero attached hydrogens (tertiary/aromatic N) is 1. The first-order chi connectivity index (χ1) is 10.8. The minimum Gasteiger partial charge on any atom is -0.406 e. The fraction of sp³-hybridized carbons (Fsp3) is 0.500. The number of nitrogens with two attached hydrogens (primary N) is 1. The Kier molecular flexibility index (Phi) is 7.55. The van der Waals surface area contributed by atoms with Gasteiger partial charge in [0.05, 0.1) is 13.2 Å². The highest BCUT2D eigenvalue weighted by Crippen LogP contribution is 2.24. The zero-order valence-corrected chi connectivity index (χ0v) is 15.3. The van der Waals surface area contributed by atoms with Crippen LogP contribution in [0.25, 0.3) is 0 Å². The smallest absolute Gasteiger partial charge is 0.406 e. The van der Waals surface area contributed by atoms with E-state index in [1.165, 1.54) is 24.3 Å². The lowest BCUT2D eigenvalue weighted by Crippen LogP contribution is -2.28. The number of aliphatic imine (C=N–C) groups is 1. The van der Waals surface area contributed by atoms with Gasteiger partial charge in [-0.15, -0.1) is 37.1 Å². The van der Waals surface area contributed by atoms with E-state index in [2.05, 4.69) is 15.0 Å². The van der Waals surface area contributed by atoms with Crippen molar-refractivity contribution in [1.29, 1.82) is 0 Å². The van der Waals surface area contributed by atoms with E-state index < -0.39 is 12.1 Å². The van der Waals surface area contributed by atoms with E-state index in [1.807, 2.05) is 6.92 Å². The van der Waals surface area contributed by atoms with Crippen LogP contribution in [0.3, 0.4) is 0 Å². The number of alkyl halides is 3. The van der Waals surface area contributed by atoms with Gasteiger partial charge in [0.25, 0.3) is 0 Å². The summed E-state index contributed by atoms with van der Waals surface area (Å²) in [5.41, 5.74) is 6.22. The Morgan fingerprint density at radius 2 is 1.88 bits per heavy atom. The fourth-order valence-corrected chi connectivity index (χ4v) is 2.01. The number of hydrogen-bond donors (Lipinski definition) is 2. The molecule has 0 spiro atoms. The summed E-state index contributed by atoms with van der Waals surface area (Å²) in [7, 11) is 0. The Labute approximate surface area is 154 Å². The van der Waals surface area contributed by atoms with Crippen molar-refractivity contribution in [3.8, 4) is 5.75 Å². The van der Waals surface area contributed by atoms with Gasteiger partial charge < -0.3 is 25.3 Å². The maximum absolute atomic E-state index is 12.1. The van der Waals surface area contributed by atoms with E-state index in [9.17, 15) is 13.2 Å². The number of ether oxygens (including phenoxy) is 3. The second kappa shape index (κ2) is 8.72. The largest absolute Gasteiger partial charge is 0.573 e. The zero-order chi connectivity index (χ0) is 16.9. The number of anilines is 1. The molecule has 10 heteroatoms. The van der Waals surface area contributed by atoms with Crippen LogP contribution in [-0.2, 0) is 9.47 Å². The highest BCUT2D eigenvalue weighted by atomic mass is 127. The molecule has 0 unspecified atom stereocenters. The quantitative estimate of drug-likeness (QED) is 0.401. The molecule has 3 N–H and O–H groups in total. The van der Waals surface area contributed by atoms with Crippen LogP contribution in [0.5, 0.6) is 5.75 Å². The van der Waals surface area contributed by atoms with E-state index in [-0.39, 0.29) is 35.7 Å². The Balaban J connectivity index is 0.00000288. The molecule has 1 aliphatic rings. The molecule has 1 heterocycles. The number of guanidine groups is 1. The van der Waals surface area contributed by atoms with Crippen LogP contribution in [0.1, 0.15) is 13.3 Å². The highest BCUT2D eigenvalue weighted by Gasteiger charge is 2.31. The highest BCUT2D eigenvalue weighted by molar-refractivity contribution is 14.0. The Bertz CT molecular complexity index is 546. The van der Waals surface area contributed by atoms with Crippen molar-refractivity contribution in [2.75, 3.05) is 25.1 Å². The first kappa shape index (κ1) is 20.8. The molecule has 1 aromatic rings. The van der Waals surface area contributed by atoms with Crippen molar-refractivity contribution in [2.24, 2.45) is 10.7 Å². The van der Waals surface area contributed by atoms with Gasteiger partial charge in [-0.2, -0.15) is 0 Å². The van der Waals surface area contributed by atoms with Gasteiger partial charge in [0.2, 0.25) is 0 Å². The summed E-state index contributed by atoms with van der Waals surface area (Å²) in [6.07, 6.45) is -4.16. The molecule has 1 aliphatic heterocycles. The number of benzene rings is 1. The average molecular weight is 461 g/mol. The molecule has 1 saturated heterocycles. The van der Waals surface area contributed by atoms with Crippen LogP contribution >= 0.6 is 24.0 Å².